The molecule has 1 amide bonds. The highest BCUT2D eigenvalue weighted by molar-refractivity contribution is 6.06. The van der Waals surface area contributed by atoms with Crippen molar-refractivity contribution < 1.29 is 9.21 Å². The van der Waals surface area contributed by atoms with Crippen LogP contribution in [0, 0.1) is 0 Å². The lowest BCUT2D eigenvalue weighted by molar-refractivity contribution is 0.0937. The first-order valence-electron chi connectivity index (χ1n) is 8.03. The summed E-state index contributed by atoms with van der Waals surface area (Å²) in [6, 6.07) is 16.4. The van der Waals surface area contributed by atoms with Crippen molar-refractivity contribution in [2.45, 2.75) is 13.0 Å². The van der Waals surface area contributed by atoms with Gasteiger partial charge in [0.25, 0.3) is 11.5 Å². The standard InChI is InChI=1S/C20H16N2O3/c1-12(18-10-13-6-2-5-9-17(13)25-18)22-20(24)16-11-21-19(23)15-8-4-3-7-14(15)16/h2-12H,1H3,(H,21,23)(H,22,24)/t12-/m1/s1. The van der Waals surface area contributed by atoms with Crippen LogP contribution in [0.2, 0.25) is 0 Å². The van der Waals surface area contributed by atoms with E-state index in [0.29, 0.717) is 22.1 Å². The molecule has 1 atom stereocenters. The molecule has 4 aromatic rings. The smallest absolute Gasteiger partial charge is 0.255 e. The van der Waals surface area contributed by atoms with E-state index in [2.05, 4.69) is 10.3 Å². The maximum atomic E-state index is 12.7. The number of carbonyl (C=O) groups is 1. The lowest BCUT2D eigenvalue weighted by Gasteiger charge is -2.12. The van der Waals surface area contributed by atoms with Gasteiger partial charge in [-0.3, -0.25) is 9.59 Å². The van der Waals surface area contributed by atoms with Crippen molar-refractivity contribution in [2.24, 2.45) is 0 Å². The third-order valence-corrected chi connectivity index (χ3v) is 4.27. The van der Waals surface area contributed by atoms with Crippen LogP contribution in [0.4, 0.5) is 0 Å². The molecule has 2 heterocycles. The molecule has 0 aliphatic rings. The number of aromatic nitrogens is 1. The largest absolute Gasteiger partial charge is 0.459 e. The maximum Gasteiger partial charge on any atom is 0.255 e. The van der Waals surface area contributed by atoms with E-state index in [4.69, 9.17) is 4.42 Å². The fourth-order valence-electron chi connectivity index (χ4n) is 2.96. The number of H-pyrrole nitrogens is 1. The average molecular weight is 332 g/mol. The lowest BCUT2D eigenvalue weighted by Crippen LogP contribution is -2.27. The molecule has 0 bridgehead atoms. The zero-order chi connectivity index (χ0) is 17.4. The molecule has 0 saturated heterocycles. The molecule has 5 heteroatoms. The number of fused-ring (bicyclic) bond motifs is 2. The van der Waals surface area contributed by atoms with Crippen LogP contribution < -0.4 is 10.9 Å². The van der Waals surface area contributed by atoms with Crippen LogP contribution >= 0.6 is 0 Å². The van der Waals surface area contributed by atoms with Crippen LogP contribution in [0.5, 0.6) is 0 Å². The van der Waals surface area contributed by atoms with E-state index in [1.54, 1.807) is 24.3 Å². The number of hydrogen-bond donors (Lipinski definition) is 2. The molecule has 2 aromatic carbocycles. The Balaban J connectivity index is 1.66. The van der Waals surface area contributed by atoms with E-state index in [1.807, 2.05) is 37.3 Å². The molecule has 0 aliphatic carbocycles. The number of carbonyl (C=O) groups excluding carboxylic acids is 1. The molecule has 124 valence electrons. The molecule has 5 nitrogen and oxygen atoms in total. The first-order valence-corrected chi connectivity index (χ1v) is 8.03. The normalized spacial score (nSPS) is 12.4. The summed E-state index contributed by atoms with van der Waals surface area (Å²) in [6.45, 7) is 1.86. The van der Waals surface area contributed by atoms with Gasteiger partial charge in [0, 0.05) is 22.4 Å². The lowest BCUT2D eigenvalue weighted by atomic mass is 10.1. The Bertz CT molecular complexity index is 1110. The number of nitrogens with one attached hydrogen (secondary N) is 2. The highest BCUT2D eigenvalue weighted by Gasteiger charge is 2.17. The molecule has 0 unspecified atom stereocenters. The fraction of sp³-hybridized carbons (Fsp3) is 0.100. The van der Waals surface area contributed by atoms with Gasteiger partial charge >= 0.3 is 0 Å². The summed E-state index contributed by atoms with van der Waals surface area (Å²) in [4.78, 5) is 27.2. The Morgan fingerprint density at radius 3 is 2.60 bits per heavy atom. The summed E-state index contributed by atoms with van der Waals surface area (Å²) < 4.78 is 5.80. The van der Waals surface area contributed by atoms with E-state index in [-0.39, 0.29) is 17.5 Å². The van der Waals surface area contributed by atoms with Crippen molar-refractivity contribution in [3.8, 4) is 0 Å². The van der Waals surface area contributed by atoms with Crippen LogP contribution in [-0.4, -0.2) is 10.9 Å². The molecule has 2 aromatic heterocycles. The first-order chi connectivity index (χ1) is 12.1. The van der Waals surface area contributed by atoms with Crippen molar-refractivity contribution in [3.63, 3.8) is 0 Å². The number of pyridine rings is 1. The van der Waals surface area contributed by atoms with Gasteiger partial charge in [0.1, 0.15) is 11.3 Å². The Morgan fingerprint density at radius 1 is 1.08 bits per heavy atom. The summed E-state index contributed by atoms with van der Waals surface area (Å²) in [5.74, 6) is 0.420. The predicted octanol–water partition coefficient (Wildman–Crippen LogP) is 3.77. The van der Waals surface area contributed by atoms with Crippen LogP contribution in [0.1, 0.15) is 29.1 Å². The van der Waals surface area contributed by atoms with Crippen LogP contribution in [0.3, 0.4) is 0 Å². The Morgan fingerprint density at radius 2 is 1.80 bits per heavy atom. The van der Waals surface area contributed by atoms with E-state index in [9.17, 15) is 9.59 Å². The molecule has 25 heavy (non-hydrogen) atoms. The van der Waals surface area contributed by atoms with Crippen molar-refractivity contribution in [1.29, 1.82) is 0 Å². The van der Waals surface area contributed by atoms with Gasteiger partial charge in [-0.25, -0.2) is 0 Å². The zero-order valence-electron chi connectivity index (χ0n) is 13.6. The molecule has 0 aliphatic heterocycles. The number of amides is 1. The van der Waals surface area contributed by atoms with Crippen molar-refractivity contribution >= 4 is 27.6 Å². The van der Waals surface area contributed by atoms with Gasteiger partial charge in [-0.15, -0.1) is 0 Å². The van der Waals surface area contributed by atoms with Crippen LogP contribution in [0.25, 0.3) is 21.7 Å². The van der Waals surface area contributed by atoms with Crippen LogP contribution in [-0.2, 0) is 0 Å². The van der Waals surface area contributed by atoms with Gasteiger partial charge in [0.15, 0.2) is 0 Å². The SMILES string of the molecule is C[C@@H](NC(=O)c1c[nH]c(=O)c2ccccc12)c1cc2ccccc2o1. The van der Waals surface area contributed by atoms with Gasteiger partial charge in [-0.2, -0.15) is 0 Å². The minimum Gasteiger partial charge on any atom is -0.459 e. The van der Waals surface area contributed by atoms with Gasteiger partial charge < -0.3 is 14.7 Å². The molecule has 0 saturated carbocycles. The quantitative estimate of drug-likeness (QED) is 0.600. The van der Waals surface area contributed by atoms with Crippen LogP contribution in [0.15, 0.2) is 70.0 Å². The highest BCUT2D eigenvalue weighted by Crippen LogP contribution is 2.24. The van der Waals surface area contributed by atoms with E-state index >= 15 is 0 Å². The minimum absolute atomic E-state index is 0.211. The van der Waals surface area contributed by atoms with E-state index in [0.717, 1.165) is 11.0 Å². The zero-order valence-corrected chi connectivity index (χ0v) is 13.6. The molecule has 0 radical (unpaired) electrons. The first kappa shape index (κ1) is 15.2. The second-order valence-electron chi connectivity index (χ2n) is 5.96. The number of para-hydroxylation sites is 1. The van der Waals surface area contributed by atoms with Gasteiger partial charge in [-0.05, 0) is 25.1 Å². The molecular weight excluding hydrogens is 316 g/mol. The average Bonchev–Trinajstić information content (AvgIpc) is 3.06. The second-order valence-corrected chi connectivity index (χ2v) is 5.96. The van der Waals surface area contributed by atoms with E-state index in [1.165, 1.54) is 6.20 Å². The topological polar surface area (TPSA) is 75.1 Å². The fourth-order valence-corrected chi connectivity index (χ4v) is 2.96. The maximum absolute atomic E-state index is 12.7. The summed E-state index contributed by atoms with van der Waals surface area (Å²) in [5.41, 5.74) is 1.00. The molecular formula is C20H16N2O3. The molecule has 4 rings (SSSR count). The molecule has 2 N–H and O–H groups in total. The van der Waals surface area contributed by atoms with Crippen molar-refractivity contribution in [3.05, 3.63) is 82.5 Å². The third-order valence-electron chi connectivity index (χ3n) is 4.27. The number of rotatable bonds is 3. The van der Waals surface area contributed by atoms with Gasteiger partial charge in [-0.1, -0.05) is 36.4 Å². The molecule has 0 spiro atoms. The number of aromatic amines is 1. The third kappa shape index (κ3) is 2.70. The minimum atomic E-state index is -0.300. The second kappa shape index (κ2) is 5.94. The monoisotopic (exact) mass is 332 g/mol. The number of furan rings is 1. The number of hydrogen-bond acceptors (Lipinski definition) is 3. The Hall–Kier alpha value is -3.34. The Kier molecular flexibility index (Phi) is 3.61. The van der Waals surface area contributed by atoms with Gasteiger partial charge in [0.05, 0.1) is 11.6 Å². The highest BCUT2D eigenvalue weighted by atomic mass is 16.3. The summed E-state index contributed by atoms with van der Waals surface area (Å²) in [5, 5.41) is 5.04. The number of benzene rings is 2. The van der Waals surface area contributed by atoms with Crippen molar-refractivity contribution in [1.82, 2.24) is 10.3 Å². The summed E-state index contributed by atoms with van der Waals surface area (Å²) >= 11 is 0. The predicted molar refractivity (Wildman–Crippen MR) is 96.7 cm³/mol. The molecule has 0 fully saturated rings. The Labute approximate surface area is 143 Å². The summed E-state index contributed by atoms with van der Waals surface area (Å²) in [6.07, 6.45) is 1.45. The van der Waals surface area contributed by atoms with Crippen molar-refractivity contribution in [2.75, 3.05) is 0 Å². The van der Waals surface area contributed by atoms with Gasteiger partial charge in [0.2, 0.25) is 0 Å². The summed E-state index contributed by atoms with van der Waals surface area (Å²) in [7, 11) is 0. The van der Waals surface area contributed by atoms with E-state index < -0.39 is 0 Å².